The summed E-state index contributed by atoms with van der Waals surface area (Å²) in [5.41, 5.74) is 0. The predicted octanol–water partition coefficient (Wildman–Crippen LogP) is 0.769. The lowest BCUT2D eigenvalue weighted by Crippen LogP contribution is -2.27. The van der Waals surface area contributed by atoms with Crippen LogP contribution in [0.3, 0.4) is 0 Å². The Kier molecular flexibility index (Phi) is 3.52. The summed E-state index contributed by atoms with van der Waals surface area (Å²) in [6.45, 7) is 3.29. The number of hydrogen-bond donors (Lipinski definition) is 0. The van der Waals surface area contributed by atoms with Crippen molar-refractivity contribution in [2.24, 2.45) is 0 Å². The zero-order valence-electron chi connectivity index (χ0n) is 6.79. The minimum absolute atomic E-state index is 0.226. The number of hydrogen-bond acceptors (Lipinski definition) is 3. The van der Waals surface area contributed by atoms with Crippen molar-refractivity contribution in [3.05, 3.63) is 0 Å². The average molecular weight is 158 g/mol. The van der Waals surface area contributed by atoms with Gasteiger partial charge in [0.2, 0.25) is 0 Å². The van der Waals surface area contributed by atoms with Crippen molar-refractivity contribution in [3.63, 3.8) is 0 Å². The highest BCUT2D eigenvalue weighted by atomic mass is 16.5. The molecule has 0 bridgehead atoms. The molecule has 0 aromatic carbocycles. The SMILES string of the molecule is C[C@H](C=O)OC1CCOCC1. The fourth-order valence-electron chi connectivity index (χ4n) is 1.15. The molecule has 1 aliphatic heterocycles. The van der Waals surface area contributed by atoms with Crippen LogP contribution in [0.25, 0.3) is 0 Å². The van der Waals surface area contributed by atoms with E-state index >= 15 is 0 Å². The molecule has 1 rings (SSSR count). The molecule has 0 aromatic rings. The van der Waals surface area contributed by atoms with Crippen molar-refractivity contribution < 1.29 is 14.3 Å². The van der Waals surface area contributed by atoms with Gasteiger partial charge in [-0.05, 0) is 19.8 Å². The maximum Gasteiger partial charge on any atom is 0.148 e. The molecule has 1 fully saturated rings. The van der Waals surface area contributed by atoms with E-state index in [0.717, 1.165) is 32.3 Å². The molecule has 1 atom stereocenters. The van der Waals surface area contributed by atoms with E-state index in [9.17, 15) is 4.79 Å². The Bertz CT molecular complexity index is 119. The van der Waals surface area contributed by atoms with Crippen LogP contribution >= 0.6 is 0 Å². The minimum Gasteiger partial charge on any atom is -0.381 e. The second-order valence-corrected chi connectivity index (χ2v) is 2.79. The molecule has 0 saturated carbocycles. The van der Waals surface area contributed by atoms with Crippen LogP contribution in [0.15, 0.2) is 0 Å². The molecule has 0 aromatic heterocycles. The predicted molar refractivity (Wildman–Crippen MR) is 40.5 cm³/mol. The maximum absolute atomic E-state index is 10.2. The van der Waals surface area contributed by atoms with Gasteiger partial charge >= 0.3 is 0 Å². The normalized spacial score (nSPS) is 23.0. The molecular weight excluding hydrogens is 144 g/mol. The van der Waals surface area contributed by atoms with E-state index in [1.54, 1.807) is 6.92 Å². The van der Waals surface area contributed by atoms with Crippen LogP contribution in [0.1, 0.15) is 19.8 Å². The maximum atomic E-state index is 10.2. The molecule has 64 valence electrons. The van der Waals surface area contributed by atoms with Crippen molar-refractivity contribution in [2.45, 2.75) is 32.0 Å². The zero-order chi connectivity index (χ0) is 8.10. The molecule has 1 aliphatic rings. The van der Waals surface area contributed by atoms with Crippen molar-refractivity contribution in [1.82, 2.24) is 0 Å². The second kappa shape index (κ2) is 4.46. The molecule has 0 unspecified atom stereocenters. The molecule has 0 N–H and O–H groups in total. The van der Waals surface area contributed by atoms with E-state index in [1.807, 2.05) is 0 Å². The molecule has 0 spiro atoms. The number of carbonyl (C=O) groups excluding carboxylic acids is 1. The summed E-state index contributed by atoms with van der Waals surface area (Å²) in [7, 11) is 0. The molecular formula is C8H14O3. The van der Waals surface area contributed by atoms with Crippen LogP contribution in [-0.4, -0.2) is 31.7 Å². The van der Waals surface area contributed by atoms with E-state index in [2.05, 4.69) is 0 Å². The van der Waals surface area contributed by atoms with Crippen LogP contribution < -0.4 is 0 Å². The Hall–Kier alpha value is -0.410. The Morgan fingerprint density at radius 3 is 2.73 bits per heavy atom. The third-order valence-electron chi connectivity index (χ3n) is 1.77. The average Bonchev–Trinajstić information content (AvgIpc) is 2.06. The number of aldehydes is 1. The van der Waals surface area contributed by atoms with Crippen LogP contribution in [0.5, 0.6) is 0 Å². The van der Waals surface area contributed by atoms with Gasteiger partial charge in [0.15, 0.2) is 0 Å². The van der Waals surface area contributed by atoms with Crippen molar-refractivity contribution in [3.8, 4) is 0 Å². The fraction of sp³-hybridized carbons (Fsp3) is 0.875. The number of carbonyl (C=O) groups is 1. The van der Waals surface area contributed by atoms with Gasteiger partial charge in [-0.15, -0.1) is 0 Å². The first-order chi connectivity index (χ1) is 5.33. The molecule has 1 saturated heterocycles. The van der Waals surface area contributed by atoms with E-state index in [4.69, 9.17) is 9.47 Å². The lowest BCUT2D eigenvalue weighted by atomic mass is 10.1. The van der Waals surface area contributed by atoms with E-state index in [0.29, 0.717) is 0 Å². The topological polar surface area (TPSA) is 35.5 Å². The summed E-state index contributed by atoms with van der Waals surface area (Å²) in [6, 6.07) is 0. The quantitative estimate of drug-likeness (QED) is 0.569. The van der Waals surface area contributed by atoms with E-state index in [-0.39, 0.29) is 12.2 Å². The molecule has 3 nitrogen and oxygen atoms in total. The third-order valence-corrected chi connectivity index (χ3v) is 1.77. The summed E-state index contributed by atoms with van der Waals surface area (Å²) in [6.07, 6.45) is 2.62. The van der Waals surface area contributed by atoms with E-state index in [1.165, 1.54) is 0 Å². The zero-order valence-corrected chi connectivity index (χ0v) is 6.79. The molecule has 0 aliphatic carbocycles. The summed E-state index contributed by atoms with van der Waals surface area (Å²) in [5, 5.41) is 0. The van der Waals surface area contributed by atoms with Crippen molar-refractivity contribution in [2.75, 3.05) is 13.2 Å². The van der Waals surface area contributed by atoms with Gasteiger partial charge in [-0.2, -0.15) is 0 Å². The van der Waals surface area contributed by atoms with Crippen molar-refractivity contribution in [1.29, 1.82) is 0 Å². The lowest BCUT2D eigenvalue weighted by Gasteiger charge is -2.23. The monoisotopic (exact) mass is 158 g/mol. The summed E-state index contributed by atoms with van der Waals surface area (Å²) in [5.74, 6) is 0. The van der Waals surface area contributed by atoms with Gasteiger partial charge in [0.25, 0.3) is 0 Å². The van der Waals surface area contributed by atoms with E-state index < -0.39 is 0 Å². The van der Waals surface area contributed by atoms with Gasteiger partial charge < -0.3 is 14.3 Å². The van der Waals surface area contributed by atoms with Crippen LogP contribution in [-0.2, 0) is 14.3 Å². The highest BCUT2D eigenvalue weighted by Crippen LogP contribution is 2.11. The third kappa shape index (κ3) is 2.99. The minimum atomic E-state index is -0.266. The largest absolute Gasteiger partial charge is 0.381 e. The molecule has 0 amide bonds. The smallest absolute Gasteiger partial charge is 0.148 e. The second-order valence-electron chi connectivity index (χ2n) is 2.79. The van der Waals surface area contributed by atoms with Gasteiger partial charge in [-0.25, -0.2) is 0 Å². The molecule has 1 heterocycles. The van der Waals surface area contributed by atoms with Crippen LogP contribution in [0.2, 0.25) is 0 Å². The lowest BCUT2D eigenvalue weighted by molar-refractivity contribution is -0.124. The van der Waals surface area contributed by atoms with Crippen LogP contribution in [0, 0.1) is 0 Å². The Balaban J connectivity index is 2.18. The molecule has 0 radical (unpaired) electrons. The highest BCUT2D eigenvalue weighted by molar-refractivity contribution is 5.55. The first-order valence-electron chi connectivity index (χ1n) is 4.01. The number of ether oxygens (including phenoxy) is 2. The molecule has 11 heavy (non-hydrogen) atoms. The Morgan fingerprint density at radius 1 is 1.55 bits per heavy atom. The van der Waals surface area contributed by atoms with Crippen molar-refractivity contribution >= 4 is 6.29 Å². The van der Waals surface area contributed by atoms with Gasteiger partial charge in [-0.1, -0.05) is 0 Å². The first-order valence-corrected chi connectivity index (χ1v) is 4.01. The van der Waals surface area contributed by atoms with Gasteiger partial charge in [0, 0.05) is 13.2 Å². The number of rotatable bonds is 3. The first kappa shape index (κ1) is 8.68. The summed E-state index contributed by atoms with van der Waals surface area (Å²) >= 11 is 0. The standard InChI is InChI=1S/C8H14O3/c1-7(6-9)11-8-2-4-10-5-3-8/h6-8H,2-5H2,1H3/t7-/m1/s1. The van der Waals surface area contributed by atoms with Crippen LogP contribution in [0.4, 0.5) is 0 Å². The molecule has 3 heteroatoms. The highest BCUT2D eigenvalue weighted by Gasteiger charge is 2.16. The van der Waals surface area contributed by atoms with Gasteiger partial charge in [-0.3, -0.25) is 0 Å². The van der Waals surface area contributed by atoms with Gasteiger partial charge in [0.1, 0.15) is 12.4 Å². The summed E-state index contributed by atoms with van der Waals surface area (Å²) < 4.78 is 10.5. The summed E-state index contributed by atoms with van der Waals surface area (Å²) in [4.78, 5) is 10.2. The fourth-order valence-corrected chi connectivity index (χ4v) is 1.15. The Morgan fingerprint density at radius 2 is 2.18 bits per heavy atom. The van der Waals surface area contributed by atoms with Gasteiger partial charge in [0.05, 0.1) is 6.10 Å². The Labute approximate surface area is 66.7 Å².